The van der Waals surface area contributed by atoms with E-state index in [4.69, 9.17) is 11.6 Å². The number of fused-ring (bicyclic) bond motifs is 1. The molecule has 0 spiro atoms. The Balaban J connectivity index is 1.58. The van der Waals surface area contributed by atoms with Crippen LogP contribution in [0, 0.1) is 13.8 Å². The first-order chi connectivity index (χ1) is 12.4. The molecule has 2 aromatic heterocycles. The number of benzene rings is 1. The molecule has 4 rings (SSSR count). The summed E-state index contributed by atoms with van der Waals surface area (Å²) in [7, 11) is -3.64. The zero-order chi connectivity index (χ0) is 18.5. The Hall–Kier alpha value is -1.68. The van der Waals surface area contributed by atoms with Gasteiger partial charge in [-0.25, -0.2) is 13.4 Å². The number of halogens is 1. The average molecular weight is 412 g/mol. The number of aromatic nitrogens is 3. The van der Waals surface area contributed by atoms with Gasteiger partial charge in [0.2, 0.25) is 4.96 Å². The van der Waals surface area contributed by atoms with Crippen molar-refractivity contribution < 1.29 is 8.42 Å². The molecule has 0 radical (unpaired) electrons. The Morgan fingerprint density at radius 1 is 1.08 bits per heavy atom. The summed E-state index contributed by atoms with van der Waals surface area (Å²) in [5, 5.41) is 5.96. The van der Waals surface area contributed by atoms with Crippen molar-refractivity contribution in [2.45, 2.75) is 18.9 Å². The van der Waals surface area contributed by atoms with E-state index in [-0.39, 0.29) is 5.03 Å². The highest BCUT2D eigenvalue weighted by Crippen LogP contribution is 2.26. The minimum absolute atomic E-state index is 0.178. The number of aryl methyl sites for hydroxylation is 2. The summed E-state index contributed by atoms with van der Waals surface area (Å²) >= 11 is 7.32. The fourth-order valence-electron chi connectivity index (χ4n) is 3.18. The maximum absolute atomic E-state index is 13.2. The third kappa shape index (κ3) is 2.98. The Labute approximate surface area is 160 Å². The Bertz CT molecular complexity index is 1050. The van der Waals surface area contributed by atoms with E-state index in [1.54, 1.807) is 6.92 Å². The van der Waals surface area contributed by atoms with E-state index in [9.17, 15) is 8.42 Å². The van der Waals surface area contributed by atoms with Gasteiger partial charge < -0.3 is 4.90 Å². The molecule has 0 saturated carbocycles. The van der Waals surface area contributed by atoms with Crippen molar-refractivity contribution in [1.82, 2.24) is 18.9 Å². The third-order valence-electron chi connectivity index (χ3n) is 4.44. The molecule has 0 unspecified atom stereocenters. The lowest BCUT2D eigenvalue weighted by atomic mass is 10.2. The van der Waals surface area contributed by atoms with Crippen LogP contribution in [0.15, 0.2) is 29.3 Å². The summed E-state index contributed by atoms with van der Waals surface area (Å²) in [6.07, 6.45) is 0. The highest BCUT2D eigenvalue weighted by Gasteiger charge is 2.33. The Morgan fingerprint density at radius 2 is 1.73 bits per heavy atom. The summed E-state index contributed by atoms with van der Waals surface area (Å²) in [5.74, 6) is 0. The molecule has 138 valence electrons. The monoisotopic (exact) mass is 411 g/mol. The van der Waals surface area contributed by atoms with Crippen molar-refractivity contribution in [2.75, 3.05) is 31.1 Å². The molecule has 0 amide bonds. The van der Waals surface area contributed by atoms with E-state index in [0.29, 0.717) is 41.9 Å². The smallest absolute Gasteiger partial charge is 0.262 e. The van der Waals surface area contributed by atoms with E-state index >= 15 is 0 Å². The topological polar surface area (TPSA) is 70.8 Å². The number of imidazole rings is 1. The molecule has 0 bridgehead atoms. The van der Waals surface area contributed by atoms with Gasteiger partial charge in [0.05, 0.1) is 5.69 Å². The number of hydrogen-bond acceptors (Lipinski definition) is 6. The van der Waals surface area contributed by atoms with E-state index in [2.05, 4.69) is 15.0 Å². The van der Waals surface area contributed by atoms with E-state index in [1.165, 1.54) is 20.2 Å². The number of sulfonamides is 1. The first kappa shape index (κ1) is 17.7. The number of nitrogens with zero attached hydrogens (tertiary/aromatic N) is 5. The standard InChI is InChI=1S/C16H18ClN5O2S2/c1-11-15(22-16(18-11)25-12(2)19-22)26(23,24)21-9-7-20(8-10-21)14-5-3-13(17)4-6-14/h3-6H,7-10H2,1-2H3. The normalized spacial score (nSPS) is 16.5. The molecular weight excluding hydrogens is 394 g/mol. The molecule has 10 heteroatoms. The SMILES string of the molecule is Cc1nn2c(S(=O)(=O)N3CCN(c4ccc(Cl)cc4)CC3)c(C)nc2s1. The van der Waals surface area contributed by atoms with Crippen LogP contribution in [0.3, 0.4) is 0 Å². The fraction of sp³-hybridized carbons (Fsp3) is 0.375. The van der Waals surface area contributed by atoms with E-state index < -0.39 is 10.0 Å². The lowest BCUT2D eigenvalue weighted by molar-refractivity contribution is 0.382. The molecule has 0 N–H and O–H groups in total. The molecule has 1 saturated heterocycles. The highest BCUT2D eigenvalue weighted by molar-refractivity contribution is 7.89. The molecule has 1 aliphatic heterocycles. The summed E-state index contributed by atoms with van der Waals surface area (Å²) in [6, 6.07) is 7.60. The van der Waals surface area contributed by atoms with Crippen LogP contribution in [0.25, 0.3) is 4.96 Å². The van der Waals surface area contributed by atoms with Gasteiger partial charge >= 0.3 is 0 Å². The van der Waals surface area contributed by atoms with Crippen molar-refractivity contribution in [3.63, 3.8) is 0 Å². The Morgan fingerprint density at radius 3 is 2.38 bits per heavy atom. The second-order valence-electron chi connectivity index (χ2n) is 6.19. The minimum atomic E-state index is -3.64. The molecule has 7 nitrogen and oxygen atoms in total. The van der Waals surface area contributed by atoms with E-state index in [1.807, 2.05) is 31.2 Å². The van der Waals surface area contributed by atoms with Gasteiger partial charge in [0.15, 0.2) is 5.03 Å². The summed E-state index contributed by atoms with van der Waals surface area (Å²) < 4.78 is 29.3. The maximum Gasteiger partial charge on any atom is 0.262 e. The fourth-order valence-corrected chi connectivity index (χ4v) is 5.81. The van der Waals surface area contributed by atoms with Gasteiger partial charge in [-0.05, 0) is 38.1 Å². The van der Waals surface area contributed by atoms with Gasteiger partial charge in [-0.2, -0.15) is 13.9 Å². The minimum Gasteiger partial charge on any atom is -0.369 e. The van der Waals surface area contributed by atoms with Crippen molar-refractivity contribution in [2.24, 2.45) is 0 Å². The summed E-state index contributed by atoms with van der Waals surface area (Å²) in [4.78, 5) is 7.13. The van der Waals surface area contributed by atoms with Crippen molar-refractivity contribution >= 4 is 43.6 Å². The maximum atomic E-state index is 13.2. The van der Waals surface area contributed by atoms with Crippen molar-refractivity contribution in [3.05, 3.63) is 40.0 Å². The van der Waals surface area contributed by atoms with Crippen LogP contribution in [-0.2, 0) is 10.0 Å². The highest BCUT2D eigenvalue weighted by atomic mass is 35.5. The van der Waals surface area contributed by atoms with Crippen LogP contribution in [0.5, 0.6) is 0 Å². The van der Waals surface area contributed by atoms with Crippen LogP contribution in [0.4, 0.5) is 5.69 Å². The van der Waals surface area contributed by atoms with Gasteiger partial charge in [-0.1, -0.05) is 22.9 Å². The largest absolute Gasteiger partial charge is 0.369 e. The van der Waals surface area contributed by atoms with Gasteiger partial charge in [0.25, 0.3) is 10.0 Å². The van der Waals surface area contributed by atoms with Gasteiger partial charge in [-0.15, -0.1) is 0 Å². The molecule has 3 aromatic rings. The van der Waals surface area contributed by atoms with Crippen LogP contribution >= 0.6 is 22.9 Å². The van der Waals surface area contributed by atoms with Gasteiger partial charge in [-0.3, -0.25) is 0 Å². The Kier molecular flexibility index (Phi) is 4.42. The van der Waals surface area contributed by atoms with Crippen LogP contribution in [-0.4, -0.2) is 53.5 Å². The zero-order valence-electron chi connectivity index (χ0n) is 14.4. The van der Waals surface area contributed by atoms with Crippen molar-refractivity contribution in [3.8, 4) is 0 Å². The number of hydrogen-bond donors (Lipinski definition) is 0. The van der Waals surface area contributed by atoms with Gasteiger partial charge in [0.1, 0.15) is 5.01 Å². The molecule has 3 heterocycles. The second kappa shape index (κ2) is 6.49. The molecule has 0 atom stereocenters. The zero-order valence-corrected chi connectivity index (χ0v) is 16.8. The molecule has 1 aromatic carbocycles. The first-order valence-electron chi connectivity index (χ1n) is 8.20. The average Bonchev–Trinajstić information content (AvgIpc) is 3.09. The molecular formula is C16H18ClN5O2S2. The second-order valence-corrected chi connectivity index (χ2v) is 9.64. The predicted molar refractivity (Wildman–Crippen MR) is 103 cm³/mol. The van der Waals surface area contributed by atoms with E-state index in [0.717, 1.165) is 10.7 Å². The number of rotatable bonds is 3. The first-order valence-corrected chi connectivity index (χ1v) is 10.8. The van der Waals surface area contributed by atoms with Crippen LogP contribution in [0.2, 0.25) is 5.02 Å². The van der Waals surface area contributed by atoms with Crippen LogP contribution < -0.4 is 4.90 Å². The summed E-state index contributed by atoms with van der Waals surface area (Å²) in [6.45, 7) is 5.64. The number of piperazine rings is 1. The lowest BCUT2D eigenvalue weighted by Gasteiger charge is -2.35. The van der Waals surface area contributed by atoms with Crippen LogP contribution in [0.1, 0.15) is 10.7 Å². The summed E-state index contributed by atoms with van der Waals surface area (Å²) in [5.41, 5.74) is 1.54. The number of anilines is 1. The lowest BCUT2D eigenvalue weighted by Crippen LogP contribution is -2.49. The quantitative estimate of drug-likeness (QED) is 0.662. The molecule has 0 aliphatic carbocycles. The predicted octanol–water partition coefficient (Wildman–Crippen LogP) is 2.57. The molecule has 26 heavy (non-hydrogen) atoms. The van der Waals surface area contributed by atoms with Gasteiger partial charge in [0, 0.05) is 36.9 Å². The molecule has 1 fully saturated rings. The molecule has 1 aliphatic rings. The van der Waals surface area contributed by atoms with Crippen molar-refractivity contribution in [1.29, 1.82) is 0 Å². The third-order valence-corrected chi connectivity index (χ3v) is 7.52.